The largest absolute Gasteiger partial charge is 0.333 e. The summed E-state index contributed by atoms with van der Waals surface area (Å²) in [6.45, 7) is 0. The van der Waals surface area contributed by atoms with Gasteiger partial charge in [-0.3, -0.25) is 14.9 Å². The molecule has 0 spiro atoms. The topological polar surface area (TPSA) is 92.1 Å². The highest BCUT2D eigenvalue weighted by Gasteiger charge is 2.14. The number of aromatic nitrogens is 2. The van der Waals surface area contributed by atoms with E-state index in [1.54, 1.807) is 31.3 Å². The summed E-state index contributed by atoms with van der Waals surface area (Å²) in [5.41, 5.74) is 2.17. The Balaban J connectivity index is 1.65. The molecule has 9 heteroatoms. The zero-order chi connectivity index (χ0) is 18.0. The molecule has 0 aliphatic rings. The number of nitro groups is 1. The number of hydrogen-bond acceptors (Lipinski definition) is 5. The van der Waals surface area contributed by atoms with Crippen LogP contribution in [0.5, 0.6) is 0 Å². The lowest BCUT2D eigenvalue weighted by Crippen LogP contribution is -2.27. The maximum Gasteiger partial charge on any atom is 0.269 e. The Morgan fingerprint density at radius 1 is 1.32 bits per heavy atom. The second kappa shape index (κ2) is 7.12. The summed E-state index contributed by atoms with van der Waals surface area (Å²) in [5, 5.41) is 11.9. The van der Waals surface area contributed by atoms with Gasteiger partial charge in [0.1, 0.15) is 0 Å². The summed E-state index contributed by atoms with van der Waals surface area (Å²) < 4.78 is 0. The van der Waals surface area contributed by atoms with Crippen LogP contribution in [0, 0.1) is 10.1 Å². The number of carbonyl (C=O) groups is 1. The number of halogens is 1. The van der Waals surface area contributed by atoms with E-state index in [0.717, 1.165) is 11.0 Å². The quantitative estimate of drug-likeness (QED) is 0.414. The number of nitrogens with one attached hydrogen (secondary N) is 1. The van der Waals surface area contributed by atoms with E-state index in [1.807, 2.05) is 6.07 Å². The van der Waals surface area contributed by atoms with Gasteiger partial charge in [-0.25, -0.2) is 4.98 Å². The Labute approximate surface area is 152 Å². The summed E-state index contributed by atoms with van der Waals surface area (Å²) in [7, 11) is 1.63. The maximum atomic E-state index is 12.3. The number of amides is 1. The normalized spacial score (nSPS) is 10.8. The van der Waals surface area contributed by atoms with Crippen molar-refractivity contribution in [2.24, 2.45) is 0 Å². The van der Waals surface area contributed by atoms with Crippen LogP contribution in [0.15, 0.2) is 47.6 Å². The Morgan fingerprint density at radius 3 is 2.72 bits per heavy atom. The van der Waals surface area contributed by atoms with E-state index in [2.05, 4.69) is 9.97 Å². The molecule has 25 heavy (non-hydrogen) atoms. The number of anilines is 1. The Hall–Kier alpha value is -2.58. The molecule has 0 saturated heterocycles. The smallest absolute Gasteiger partial charge is 0.269 e. The molecule has 0 aliphatic carbocycles. The Kier molecular flexibility index (Phi) is 4.91. The van der Waals surface area contributed by atoms with Crippen LogP contribution in [0.1, 0.15) is 0 Å². The number of benzene rings is 2. The fourth-order valence-corrected chi connectivity index (χ4v) is 3.17. The van der Waals surface area contributed by atoms with Gasteiger partial charge in [0.25, 0.3) is 5.69 Å². The van der Waals surface area contributed by atoms with E-state index < -0.39 is 4.92 Å². The lowest BCUT2D eigenvalue weighted by Gasteiger charge is -2.16. The molecule has 0 fully saturated rings. The zero-order valence-electron chi connectivity index (χ0n) is 13.1. The highest BCUT2D eigenvalue weighted by molar-refractivity contribution is 7.99. The van der Waals surface area contributed by atoms with Crippen molar-refractivity contribution in [3.8, 4) is 0 Å². The van der Waals surface area contributed by atoms with Gasteiger partial charge in [0, 0.05) is 29.9 Å². The number of aromatic amines is 1. The Bertz CT molecular complexity index is 942. The van der Waals surface area contributed by atoms with Crippen LogP contribution in [-0.4, -0.2) is 33.6 Å². The number of non-ortho nitro benzene ring substituents is 1. The first-order valence-corrected chi connectivity index (χ1v) is 8.59. The molecule has 2 aromatic carbocycles. The first kappa shape index (κ1) is 17.2. The summed E-state index contributed by atoms with van der Waals surface area (Å²) in [6.07, 6.45) is 0. The van der Waals surface area contributed by atoms with Gasteiger partial charge in [0.05, 0.1) is 21.7 Å². The number of imidazole rings is 1. The number of carbonyl (C=O) groups excluding carboxylic acids is 1. The van der Waals surface area contributed by atoms with Gasteiger partial charge in [0.15, 0.2) is 5.16 Å². The predicted octanol–water partition coefficient (Wildman–Crippen LogP) is 3.88. The minimum Gasteiger partial charge on any atom is -0.333 e. The molecular weight excluding hydrogens is 364 g/mol. The third kappa shape index (κ3) is 3.92. The highest BCUT2D eigenvalue weighted by atomic mass is 35.5. The molecule has 3 aromatic rings. The van der Waals surface area contributed by atoms with Crippen LogP contribution < -0.4 is 4.90 Å². The SMILES string of the molecule is CN(C(=O)CSc1nc2ccc(Cl)cc2[nH]1)c1ccc([N+](=O)[O-])cc1. The number of rotatable bonds is 5. The van der Waals surface area contributed by atoms with Crippen molar-refractivity contribution < 1.29 is 9.72 Å². The van der Waals surface area contributed by atoms with E-state index in [-0.39, 0.29) is 17.3 Å². The van der Waals surface area contributed by atoms with Crippen molar-refractivity contribution in [3.05, 3.63) is 57.6 Å². The van der Waals surface area contributed by atoms with E-state index in [0.29, 0.717) is 15.9 Å². The van der Waals surface area contributed by atoms with Crippen molar-refractivity contribution in [3.63, 3.8) is 0 Å². The zero-order valence-corrected chi connectivity index (χ0v) is 14.7. The van der Waals surface area contributed by atoms with Crippen LogP contribution in [0.25, 0.3) is 11.0 Å². The van der Waals surface area contributed by atoms with Gasteiger partial charge in [-0.05, 0) is 30.3 Å². The van der Waals surface area contributed by atoms with Crippen molar-refractivity contribution in [1.82, 2.24) is 9.97 Å². The molecule has 1 amide bonds. The van der Waals surface area contributed by atoms with Crippen molar-refractivity contribution in [2.75, 3.05) is 17.7 Å². The molecule has 1 heterocycles. The molecule has 0 bridgehead atoms. The number of H-pyrrole nitrogens is 1. The summed E-state index contributed by atoms with van der Waals surface area (Å²) in [5.74, 6) is 0.0402. The monoisotopic (exact) mass is 376 g/mol. The lowest BCUT2D eigenvalue weighted by atomic mass is 10.2. The number of nitrogens with zero attached hydrogens (tertiary/aromatic N) is 3. The van der Waals surface area contributed by atoms with E-state index >= 15 is 0 Å². The summed E-state index contributed by atoms with van der Waals surface area (Å²) in [4.78, 5) is 31.5. The minimum absolute atomic E-state index is 0.0140. The molecule has 0 saturated carbocycles. The van der Waals surface area contributed by atoms with Crippen molar-refractivity contribution in [1.29, 1.82) is 0 Å². The second-order valence-corrected chi connectivity index (χ2v) is 6.62. The van der Waals surface area contributed by atoms with Gasteiger partial charge in [-0.1, -0.05) is 23.4 Å². The lowest BCUT2D eigenvalue weighted by molar-refractivity contribution is -0.384. The van der Waals surface area contributed by atoms with Gasteiger partial charge < -0.3 is 9.88 Å². The Morgan fingerprint density at radius 2 is 2.04 bits per heavy atom. The first-order valence-electron chi connectivity index (χ1n) is 7.23. The highest BCUT2D eigenvalue weighted by Crippen LogP contribution is 2.23. The molecule has 0 aliphatic heterocycles. The number of thioether (sulfide) groups is 1. The van der Waals surface area contributed by atoms with Crippen molar-refractivity contribution in [2.45, 2.75) is 5.16 Å². The molecule has 7 nitrogen and oxygen atoms in total. The molecule has 1 N–H and O–H groups in total. The van der Waals surface area contributed by atoms with Gasteiger partial charge >= 0.3 is 0 Å². The fraction of sp³-hybridized carbons (Fsp3) is 0.125. The van der Waals surface area contributed by atoms with Crippen LogP contribution in [-0.2, 0) is 4.79 Å². The summed E-state index contributed by atoms with van der Waals surface area (Å²) >= 11 is 7.22. The predicted molar refractivity (Wildman–Crippen MR) is 98.3 cm³/mol. The average molecular weight is 377 g/mol. The molecule has 1 aromatic heterocycles. The molecule has 0 atom stereocenters. The van der Waals surface area contributed by atoms with Crippen LogP contribution in [0.2, 0.25) is 5.02 Å². The van der Waals surface area contributed by atoms with Crippen molar-refractivity contribution >= 4 is 51.7 Å². The van der Waals surface area contributed by atoms with Gasteiger partial charge in [-0.2, -0.15) is 0 Å². The second-order valence-electron chi connectivity index (χ2n) is 5.22. The van der Waals surface area contributed by atoms with E-state index in [4.69, 9.17) is 11.6 Å². The first-order chi connectivity index (χ1) is 11.9. The third-order valence-corrected chi connectivity index (χ3v) is 4.67. The molecular formula is C16H13ClN4O3S. The van der Waals surface area contributed by atoms with Gasteiger partial charge in [-0.15, -0.1) is 0 Å². The maximum absolute atomic E-state index is 12.3. The van der Waals surface area contributed by atoms with E-state index in [1.165, 1.54) is 28.8 Å². The number of hydrogen-bond donors (Lipinski definition) is 1. The van der Waals surface area contributed by atoms with Crippen LogP contribution in [0.4, 0.5) is 11.4 Å². The third-order valence-electron chi connectivity index (χ3n) is 3.58. The molecule has 128 valence electrons. The molecule has 3 rings (SSSR count). The average Bonchev–Trinajstić information content (AvgIpc) is 3.01. The standard InChI is InChI=1S/C16H13ClN4O3S/c1-20(11-3-5-12(6-4-11)21(23)24)15(22)9-25-16-18-13-7-2-10(17)8-14(13)19-16/h2-8H,9H2,1H3,(H,18,19). The summed E-state index contributed by atoms with van der Waals surface area (Å²) in [6, 6.07) is 11.2. The fourth-order valence-electron chi connectivity index (χ4n) is 2.20. The molecule has 0 radical (unpaired) electrons. The number of nitro benzene ring substituents is 1. The molecule has 0 unspecified atom stereocenters. The minimum atomic E-state index is -0.477. The van der Waals surface area contributed by atoms with Gasteiger partial charge in [0.2, 0.25) is 5.91 Å². The van der Waals surface area contributed by atoms with Crippen LogP contribution >= 0.6 is 23.4 Å². The van der Waals surface area contributed by atoms with E-state index in [9.17, 15) is 14.9 Å². The van der Waals surface area contributed by atoms with Crippen LogP contribution in [0.3, 0.4) is 0 Å². The number of fused-ring (bicyclic) bond motifs is 1.